The first-order valence-electron chi connectivity index (χ1n) is 8.04. The number of amides is 2. The minimum absolute atomic E-state index is 0.0124. The summed E-state index contributed by atoms with van der Waals surface area (Å²) < 4.78 is 10.8. The van der Waals surface area contributed by atoms with Crippen LogP contribution in [0.1, 0.15) is 18.4 Å². The van der Waals surface area contributed by atoms with Crippen molar-refractivity contribution in [2.75, 3.05) is 46.1 Å². The maximum atomic E-state index is 12.3. The Labute approximate surface area is 131 Å². The van der Waals surface area contributed by atoms with Crippen molar-refractivity contribution in [2.24, 2.45) is 0 Å². The molecule has 0 bridgehead atoms. The van der Waals surface area contributed by atoms with Gasteiger partial charge in [-0.1, -0.05) is 30.3 Å². The molecule has 0 spiro atoms. The predicted molar refractivity (Wildman–Crippen MR) is 84.0 cm³/mol. The van der Waals surface area contributed by atoms with E-state index in [1.54, 1.807) is 0 Å². The Bertz CT molecular complexity index is 480. The smallest absolute Gasteiger partial charge is 0.317 e. The average molecular weight is 304 g/mol. The molecule has 1 N–H and O–H groups in total. The van der Waals surface area contributed by atoms with Crippen LogP contribution in [0.4, 0.5) is 4.79 Å². The van der Waals surface area contributed by atoms with Gasteiger partial charge in [0.1, 0.15) is 0 Å². The van der Waals surface area contributed by atoms with E-state index in [0.717, 1.165) is 26.1 Å². The van der Waals surface area contributed by atoms with Crippen molar-refractivity contribution >= 4 is 6.03 Å². The van der Waals surface area contributed by atoms with Gasteiger partial charge in [-0.05, 0) is 18.4 Å². The summed E-state index contributed by atoms with van der Waals surface area (Å²) in [5.41, 5.74) is 1.28. The molecule has 1 aromatic carbocycles. The van der Waals surface area contributed by atoms with Crippen molar-refractivity contribution < 1.29 is 14.3 Å². The molecule has 5 nitrogen and oxygen atoms in total. The highest BCUT2D eigenvalue weighted by atomic mass is 16.5. The third-order valence-electron chi connectivity index (χ3n) is 4.71. The van der Waals surface area contributed by atoms with Gasteiger partial charge in [-0.3, -0.25) is 0 Å². The van der Waals surface area contributed by atoms with Crippen molar-refractivity contribution in [1.29, 1.82) is 0 Å². The van der Waals surface area contributed by atoms with Crippen molar-refractivity contribution in [3.8, 4) is 0 Å². The number of carbonyl (C=O) groups is 1. The zero-order valence-electron chi connectivity index (χ0n) is 12.9. The molecule has 1 aromatic rings. The Morgan fingerprint density at radius 1 is 1.05 bits per heavy atom. The summed E-state index contributed by atoms with van der Waals surface area (Å²) in [6, 6.07) is 10.5. The average Bonchev–Trinajstić information content (AvgIpc) is 2.62. The zero-order valence-corrected chi connectivity index (χ0v) is 12.9. The summed E-state index contributed by atoms with van der Waals surface area (Å²) in [6.45, 7) is 4.78. The van der Waals surface area contributed by atoms with Crippen molar-refractivity contribution in [3.05, 3.63) is 35.9 Å². The highest BCUT2D eigenvalue weighted by Crippen LogP contribution is 2.34. The number of nitrogens with one attached hydrogen (secondary N) is 1. The lowest BCUT2D eigenvalue weighted by Gasteiger charge is -2.38. The first-order valence-corrected chi connectivity index (χ1v) is 8.04. The molecule has 3 rings (SSSR count). The Balaban J connectivity index is 1.67. The molecule has 2 heterocycles. The fraction of sp³-hybridized carbons (Fsp3) is 0.588. The van der Waals surface area contributed by atoms with Gasteiger partial charge in [0.05, 0.1) is 13.2 Å². The van der Waals surface area contributed by atoms with Crippen LogP contribution in [0.3, 0.4) is 0 Å². The van der Waals surface area contributed by atoms with Crippen molar-refractivity contribution in [1.82, 2.24) is 10.2 Å². The van der Waals surface area contributed by atoms with Crippen LogP contribution in [0.15, 0.2) is 30.3 Å². The van der Waals surface area contributed by atoms with Crippen LogP contribution in [0.2, 0.25) is 0 Å². The van der Waals surface area contributed by atoms with Crippen molar-refractivity contribution in [3.63, 3.8) is 0 Å². The van der Waals surface area contributed by atoms with E-state index in [4.69, 9.17) is 9.47 Å². The third-order valence-corrected chi connectivity index (χ3v) is 4.71. The summed E-state index contributed by atoms with van der Waals surface area (Å²) in [7, 11) is 0. The molecule has 120 valence electrons. The lowest BCUT2D eigenvalue weighted by atomic mass is 9.74. The number of carbonyl (C=O) groups excluding carboxylic acids is 1. The summed E-state index contributed by atoms with van der Waals surface area (Å²) in [5.74, 6) is 0. The largest absolute Gasteiger partial charge is 0.381 e. The molecule has 2 aliphatic heterocycles. The predicted octanol–water partition coefficient (Wildman–Crippen LogP) is 1.78. The molecule has 0 atom stereocenters. The fourth-order valence-corrected chi connectivity index (χ4v) is 3.24. The van der Waals surface area contributed by atoms with Gasteiger partial charge in [-0.15, -0.1) is 0 Å². The van der Waals surface area contributed by atoms with Crippen LogP contribution in [0, 0.1) is 0 Å². The minimum Gasteiger partial charge on any atom is -0.381 e. The quantitative estimate of drug-likeness (QED) is 0.926. The van der Waals surface area contributed by atoms with E-state index in [-0.39, 0.29) is 11.4 Å². The van der Waals surface area contributed by atoms with Gasteiger partial charge in [0.25, 0.3) is 0 Å². The molecule has 2 fully saturated rings. The number of hydrogen-bond donors (Lipinski definition) is 1. The highest BCUT2D eigenvalue weighted by Gasteiger charge is 2.35. The van der Waals surface area contributed by atoms with Crippen LogP contribution in [0.25, 0.3) is 0 Å². The van der Waals surface area contributed by atoms with E-state index in [1.807, 2.05) is 11.0 Å². The molecule has 0 saturated carbocycles. The van der Waals surface area contributed by atoms with Crippen LogP contribution in [-0.4, -0.2) is 57.0 Å². The van der Waals surface area contributed by atoms with Gasteiger partial charge >= 0.3 is 6.03 Å². The van der Waals surface area contributed by atoms with E-state index < -0.39 is 0 Å². The van der Waals surface area contributed by atoms with E-state index in [9.17, 15) is 4.79 Å². The topological polar surface area (TPSA) is 50.8 Å². The molecule has 0 unspecified atom stereocenters. The molecule has 22 heavy (non-hydrogen) atoms. The fourth-order valence-electron chi connectivity index (χ4n) is 3.24. The second kappa shape index (κ2) is 7.11. The Morgan fingerprint density at radius 3 is 2.36 bits per heavy atom. The molecule has 0 radical (unpaired) electrons. The van der Waals surface area contributed by atoms with Gasteiger partial charge in [-0.2, -0.15) is 0 Å². The van der Waals surface area contributed by atoms with Crippen LogP contribution >= 0.6 is 0 Å². The van der Waals surface area contributed by atoms with E-state index in [0.29, 0.717) is 32.8 Å². The second-order valence-electron chi connectivity index (χ2n) is 6.02. The molecule has 0 aliphatic carbocycles. The van der Waals surface area contributed by atoms with Gasteiger partial charge in [-0.25, -0.2) is 4.79 Å². The number of ether oxygens (including phenoxy) is 2. The number of nitrogens with zero attached hydrogens (tertiary/aromatic N) is 1. The lowest BCUT2D eigenvalue weighted by molar-refractivity contribution is 0.0439. The van der Waals surface area contributed by atoms with Gasteiger partial charge in [0.15, 0.2) is 0 Å². The second-order valence-corrected chi connectivity index (χ2v) is 6.02. The monoisotopic (exact) mass is 304 g/mol. The van der Waals surface area contributed by atoms with Crippen LogP contribution < -0.4 is 5.32 Å². The normalized spacial score (nSPS) is 21.4. The van der Waals surface area contributed by atoms with Crippen molar-refractivity contribution in [2.45, 2.75) is 18.3 Å². The molecule has 5 heteroatoms. The lowest BCUT2D eigenvalue weighted by Crippen LogP contribution is -2.51. The Kier molecular flexibility index (Phi) is 4.95. The Hall–Kier alpha value is -1.59. The van der Waals surface area contributed by atoms with Gasteiger partial charge in [0.2, 0.25) is 0 Å². The zero-order chi connectivity index (χ0) is 15.3. The highest BCUT2D eigenvalue weighted by molar-refractivity contribution is 5.74. The standard InChI is InChI=1S/C17H24N2O3/c20-16(19-8-12-22-13-9-19)18-14-17(6-10-21-11-7-17)15-4-2-1-3-5-15/h1-5H,6-14H2,(H,18,20). The minimum atomic E-state index is -0.0124. The van der Waals surface area contributed by atoms with Crippen LogP contribution in [-0.2, 0) is 14.9 Å². The van der Waals surface area contributed by atoms with Crippen LogP contribution in [0.5, 0.6) is 0 Å². The summed E-state index contributed by atoms with van der Waals surface area (Å²) in [6.07, 6.45) is 1.89. The molecule has 2 saturated heterocycles. The third kappa shape index (κ3) is 3.42. The van der Waals surface area contributed by atoms with Gasteiger partial charge < -0.3 is 19.7 Å². The molecule has 2 aliphatic rings. The SMILES string of the molecule is O=C(NCC1(c2ccccc2)CCOCC1)N1CCOCC1. The van der Waals surface area contributed by atoms with E-state index in [2.05, 4.69) is 29.6 Å². The van der Waals surface area contributed by atoms with Gasteiger partial charge in [0, 0.05) is 38.3 Å². The number of hydrogen-bond acceptors (Lipinski definition) is 3. The number of morpholine rings is 1. The summed E-state index contributed by atoms with van der Waals surface area (Å²) >= 11 is 0. The Morgan fingerprint density at radius 2 is 1.68 bits per heavy atom. The number of benzene rings is 1. The molecular formula is C17H24N2O3. The summed E-state index contributed by atoms with van der Waals surface area (Å²) in [4.78, 5) is 14.2. The summed E-state index contributed by atoms with van der Waals surface area (Å²) in [5, 5.41) is 3.14. The first kappa shape index (κ1) is 15.3. The number of urea groups is 1. The molecule has 0 aromatic heterocycles. The first-order chi connectivity index (χ1) is 10.8. The van der Waals surface area contributed by atoms with E-state index in [1.165, 1.54) is 5.56 Å². The number of rotatable bonds is 3. The maximum Gasteiger partial charge on any atom is 0.317 e. The maximum absolute atomic E-state index is 12.3. The molecular weight excluding hydrogens is 280 g/mol. The molecule has 2 amide bonds. The van der Waals surface area contributed by atoms with E-state index >= 15 is 0 Å².